The maximum absolute atomic E-state index is 15.4. The topological polar surface area (TPSA) is 110 Å². The summed E-state index contributed by atoms with van der Waals surface area (Å²) >= 11 is 0. The lowest BCUT2D eigenvalue weighted by molar-refractivity contribution is -0.160. The monoisotopic (exact) mass is 540 g/mol. The van der Waals surface area contributed by atoms with Crippen LogP contribution in [-0.2, 0) is 26.1 Å². The van der Waals surface area contributed by atoms with Crippen LogP contribution < -0.4 is 10.0 Å². The van der Waals surface area contributed by atoms with E-state index in [9.17, 15) is 18.3 Å². The predicted molar refractivity (Wildman–Crippen MR) is 148 cm³/mol. The zero-order valence-corrected chi connectivity index (χ0v) is 23.5. The van der Waals surface area contributed by atoms with Gasteiger partial charge in [-0.1, -0.05) is 24.3 Å². The van der Waals surface area contributed by atoms with Gasteiger partial charge in [0, 0.05) is 22.4 Å². The van der Waals surface area contributed by atoms with Gasteiger partial charge in [0.15, 0.2) is 6.10 Å². The summed E-state index contributed by atoms with van der Waals surface area (Å²) in [5, 5.41) is 10.4. The molecule has 0 saturated carbocycles. The fraction of sp³-hybridized carbons (Fsp3) is 0.345. The van der Waals surface area contributed by atoms with Crippen LogP contribution in [0.3, 0.4) is 0 Å². The van der Waals surface area contributed by atoms with Gasteiger partial charge in [0.05, 0.1) is 24.1 Å². The van der Waals surface area contributed by atoms with Gasteiger partial charge in [-0.15, -0.1) is 0 Å². The molecule has 7 nitrogen and oxygen atoms in total. The Hall–Kier alpha value is -3.43. The summed E-state index contributed by atoms with van der Waals surface area (Å²) in [6, 6.07) is 10.0. The molecule has 3 N–H and O–H groups in total. The number of anilines is 2. The van der Waals surface area contributed by atoms with Gasteiger partial charge in [0.25, 0.3) is 0 Å². The molecule has 0 saturated heterocycles. The van der Waals surface area contributed by atoms with Crippen molar-refractivity contribution in [1.82, 2.24) is 0 Å². The first-order chi connectivity index (χ1) is 17.5. The Bertz CT molecular complexity index is 1570. The molecule has 0 radical (unpaired) electrons. The summed E-state index contributed by atoms with van der Waals surface area (Å²) in [7, 11) is -3.82. The molecule has 1 aliphatic rings. The van der Waals surface area contributed by atoms with Crippen LogP contribution in [-0.4, -0.2) is 31.4 Å². The molecule has 38 heavy (non-hydrogen) atoms. The van der Waals surface area contributed by atoms with E-state index in [2.05, 4.69) is 0 Å². The third kappa shape index (κ3) is 4.76. The number of carbonyl (C=O) groups is 1. The highest BCUT2D eigenvalue weighted by molar-refractivity contribution is 7.92. The second-order valence-corrected chi connectivity index (χ2v) is 12.7. The molecule has 4 rings (SSSR count). The van der Waals surface area contributed by atoms with Crippen LogP contribution in [0.1, 0.15) is 54.7 Å². The normalized spacial score (nSPS) is 14.2. The minimum absolute atomic E-state index is 0.0761. The molecule has 0 fully saturated rings. The number of halogens is 1. The first-order valence-corrected chi connectivity index (χ1v) is 14.1. The molecule has 1 atom stereocenters. The fourth-order valence-corrected chi connectivity index (χ4v) is 6.14. The van der Waals surface area contributed by atoms with Gasteiger partial charge >= 0.3 is 5.97 Å². The van der Waals surface area contributed by atoms with Gasteiger partial charge in [-0.05, 0) is 87.1 Å². The minimum atomic E-state index is -3.82. The highest BCUT2D eigenvalue weighted by Crippen LogP contribution is 2.52. The summed E-state index contributed by atoms with van der Waals surface area (Å²) in [5.74, 6) is -1.71. The first-order valence-electron chi connectivity index (χ1n) is 12.2. The van der Waals surface area contributed by atoms with E-state index in [1.807, 2.05) is 19.1 Å². The van der Waals surface area contributed by atoms with Crippen LogP contribution in [0.4, 0.5) is 15.8 Å². The van der Waals surface area contributed by atoms with Crippen LogP contribution in [0.5, 0.6) is 0 Å². The number of ether oxygens (including phenoxy) is 1. The van der Waals surface area contributed by atoms with Crippen molar-refractivity contribution in [1.29, 1.82) is 0 Å². The third-order valence-corrected chi connectivity index (χ3v) is 7.97. The number of carboxylic acids is 1. The molecule has 0 bridgehead atoms. The van der Waals surface area contributed by atoms with Crippen LogP contribution in [0.2, 0.25) is 0 Å². The molecule has 1 aliphatic heterocycles. The van der Waals surface area contributed by atoms with Gasteiger partial charge in [-0.25, -0.2) is 17.6 Å². The molecule has 0 aromatic heterocycles. The van der Waals surface area contributed by atoms with E-state index < -0.39 is 33.5 Å². The molecule has 0 amide bonds. The highest BCUT2D eigenvalue weighted by atomic mass is 32.2. The maximum atomic E-state index is 15.4. The summed E-state index contributed by atoms with van der Waals surface area (Å²) in [4.78, 5) is 12.7. The lowest BCUT2D eigenvalue weighted by atomic mass is 9.80. The molecule has 0 aliphatic carbocycles. The SMILES string of the molecule is Cc1ccc(-c2c(C)c3c(c(C)c2[C@H](OC(C)(C)C)C(=O)O)N(S(C)(=O)=O)Cc2cccc(F)c2-3)cc1N. The number of carboxylic acid groups (broad SMARTS) is 1. The summed E-state index contributed by atoms with van der Waals surface area (Å²) < 4.78 is 48.8. The molecule has 1 heterocycles. The van der Waals surface area contributed by atoms with Gasteiger partial charge in [0.2, 0.25) is 10.0 Å². The Morgan fingerprint density at radius 3 is 2.29 bits per heavy atom. The van der Waals surface area contributed by atoms with Crippen molar-refractivity contribution in [2.45, 2.75) is 59.8 Å². The zero-order valence-electron chi connectivity index (χ0n) is 22.6. The van der Waals surface area contributed by atoms with Gasteiger partial charge in [0.1, 0.15) is 5.82 Å². The summed E-state index contributed by atoms with van der Waals surface area (Å²) in [5.41, 5.74) is 10.6. The van der Waals surface area contributed by atoms with Crippen molar-refractivity contribution >= 4 is 27.4 Å². The van der Waals surface area contributed by atoms with Crippen LogP contribution in [0.15, 0.2) is 36.4 Å². The van der Waals surface area contributed by atoms with E-state index in [-0.39, 0.29) is 12.2 Å². The second-order valence-electron chi connectivity index (χ2n) is 10.8. The number of fused-ring (bicyclic) bond motifs is 3. The van der Waals surface area contributed by atoms with Crippen LogP contribution in [0, 0.1) is 26.6 Å². The number of sulfonamides is 1. The third-order valence-electron chi connectivity index (χ3n) is 6.85. The Kier molecular flexibility index (Phi) is 6.82. The number of hydrogen-bond donors (Lipinski definition) is 2. The smallest absolute Gasteiger partial charge is 0.337 e. The number of hydrogen-bond acceptors (Lipinski definition) is 5. The van der Waals surface area contributed by atoms with Crippen molar-refractivity contribution in [3.8, 4) is 22.3 Å². The van der Waals surface area contributed by atoms with E-state index >= 15 is 4.39 Å². The van der Waals surface area contributed by atoms with Crippen molar-refractivity contribution in [2.75, 3.05) is 16.3 Å². The molecule has 9 heteroatoms. The Morgan fingerprint density at radius 2 is 1.74 bits per heavy atom. The largest absolute Gasteiger partial charge is 0.479 e. The number of benzene rings is 3. The Balaban J connectivity index is 2.25. The number of nitrogen functional groups attached to an aromatic ring is 1. The Labute approximate surface area is 223 Å². The van der Waals surface area contributed by atoms with Gasteiger partial charge in [-0.2, -0.15) is 0 Å². The van der Waals surface area contributed by atoms with Crippen molar-refractivity contribution in [2.24, 2.45) is 0 Å². The first kappa shape index (κ1) is 27.6. The molecule has 3 aromatic carbocycles. The average molecular weight is 541 g/mol. The van der Waals surface area contributed by atoms with E-state index in [0.29, 0.717) is 50.2 Å². The molecule has 3 aromatic rings. The number of aliphatic carboxylic acids is 1. The predicted octanol–water partition coefficient (Wildman–Crippen LogP) is 5.89. The fourth-order valence-electron chi connectivity index (χ4n) is 5.20. The van der Waals surface area contributed by atoms with Crippen molar-refractivity contribution in [3.05, 3.63) is 70.0 Å². The lowest BCUT2D eigenvalue weighted by Gasteiger charge is -2.37. The molecular formula is C29H33FN2O5S. The van der Waals surface area contributed by atoms with E-state index in [1.165, 1.54) is 10.4 Å². The average Bonchev–Trinajstić information content (AvgIpc) is 2.79. The Morgan fingerprint density at radius 1 is 1.08 bits per heavy atom. The number of aryl methyl sites for hydroxylation is 1. The molecule has 0 unspecified atom stereocenters. The maximum Gasteiger partial charge on any atom is 0.337 e. The van der Waals surface area contributed by atoms with Crippen molar-refractivity contribution in [3.63, 3.8) is 0 Å². The second kappa shape index (κ2) is 9.39. The van der Waals surface area contributed by atoms with E-state index in [0.717, 1.165) is 11.8 Å². The zero-order chi connectivity index (χ0) is 28.3. The quantitative estimate of drug-likeness (QED) is 0.391. The van der Waals surface area contributed by atoms with E-state index in [1.54, 1.807) is 52.8 Å². The summed E-state index contributed by atoms with van der Waals surface area (Å²) in [6.45, 7) is 10.5. The number of nitrogens with two attached hydrogens (primary N) is 1. The van der Waals surface area contributed by atoms with Gasteiger partial charge in [-0.3, -0.25) is 4.31 Å². The van der Waals surface area contributed by atoms with E-state index in [4.69, 9.17) is 10.5 Å². The molecule has 202 valence electrons. The lowest BCUT2D eigenvalue weighted by Crippen LogP contribution is -2.35. The van der Waals surface area contributed by atoms with Crippen molar-refractivity contribution < 1.29 is 27.4 Å². The van der Waals surface area contributed by atoms with Gasteiger partial charge < -0.3 is 15.6 Å². The minimum Gasteiger partial charge on any atom is -0.479 e. The molecule has 0 spiro atoms. The highest BCUT2D eigenvalue weighted by Gasteiger charge is 2.39. The van der Waals surface area contributed by atoms with Crippen LogP contribution >= 0.6 is 0 Å². The standard InChI is InChI=1S/C29H33FN2O5S/c1-15-11-12-18(13-21(15)31)22-16(2)23-25-19(9-8-10-20(25)30)14-32(38(7,35)36)26(23)17(3)24(22)27(28(33)34)37-29(4,5)6/h8-13,27H,14,31H2,1-7H3,(H,33,34)/t27-/m0/s1. The summed E-state index contributed by atoms with van der Waals surface area (Å²) in [6.07, 6.45) is -0.343. The number of nitrogens with zero attached hydrogens (tertiary/aromatic N) is 1. The molecular weight excluding hydrogens is 507 g/mol. The number of rotatable bonds is 5. The van der Waals surface area contributed by atoms with Crippen LogP contribution in [0.25, 0.3) is 22.3 Å².